The Morgan fingerprint density at radius 1 is 1.00 bits per heavy atom. The molecule has 6 nitrogen and oxygen atoms in total. The number of nitrogens with zero attached hydrogens (tertiary/aromatic N) is 3. The molecule has 0 aliphatic heterocycles. The van der Waals surface area contributed by atoms with E-state index in [2.05, 4.69) is 16.7 Å². The van der Waals surface area contributed by atoms with Gasteiger partial charge in [-0.1, -0.05) is 35.9 Å². The minimum Gasteiger partial charge on any atom is -0.491 e. The van der Waals surface area contributed by atoms with Gasteiger partial charge in [-0.3, -0.25) is 0 Å². The van der Waals surface area contributed by atoms with E-state index in [0.29, 0.717) is 23.6 Å². The molecule has 1 fully saturated rings. The number of para-hydroxylation sites is 2. The fraction of sp³-hybridized carbons (Fsp3) is 0.440. The average molecular weight is 454 g/mol. The summed E-state index contributed by atoms with van der Waals surface area (Å²) in [7, 11) is 4.05. The first-order chi connectivity index (χ1) is 15.6. The van der Waals surface area contributed by atoms with Gasteiger partial charge in [-0.15, -0.1) is 0 Å². The van der Waals surface area contributed by atoms with Crippen LogP contribution in [0.1, 0.15) is 25.7 Å². The van der Waals surface area contributed by atoms with Crippen molar-refractivity contribution in [2.24, 2.45) is 5.92 Å². The van der Waals surface area contributed by atoms with E-state index >= 15 is 0 Å². The maximum Gasteiger partial charge on any atom is 0.225 e. The molecule has 0 saturated heterocycles. The predicted molar refractivity (Wildman–Crippen MR) is 133 cm³/mol. The van der Waals surface area contributed by atoms with E-state index in [9.17, 15) is 0 Å². The van der Waals surface area contributed by atoms with E-state index < -0.39 is 0 Å². The van der Waals surface area contributed by atoms with Crippen molar-refractivity contribution in [2.75, 3.05) is 44.0 Å². The third-order valence-electron chi connectivity index (χ3n) is 5.99. The first-order valence-corrected chi connectivity index (χ1v) is 11.8. The molecule has 0 unspecified atom stereocenters. The molecule has 1 saturated carbocycles. The van der Waals surface area contributed by atoms with E-state index in [-0.39, 0.29) is 0 Å². The lowest BCUT2D eigenvalue weighted by Gasteiger charge is -2.29. The zero-order valence-electron chi connectivity index (χ0n) is 18.9. The first kappa shape index (κ1) is 22.6. The van der Waals surface area contributed by atoms with Crippen LogP contribution in [0, 0.1) is 5.92 Å². The van der Waals surface area contributed by atoms with E-state index in [0.717, 1.165) is 54.3 Å². The number of benzene rings is 2. The maximum absolute atomic E-state index is 6.12. The van der Waals surface area contributed by atoms with Crippen LogP contribution in [0.15, 0.2) is 48.5 Å². The summed E-state index contributed by atoms with van der Waals surface area (Å²) < 4.78 is 5.74. The Kier molecular flexibility index (Phi) is 7.66. The van der Waals surface area contributed by atoms with E-state index in [1.807, 2.05) is 61.5 Å². The Bertz CT molecular complexity index is 1020. The van der Waals surface area contributed by atoms with Crippen molar-refractivity contribution in [2.45, 2.75) is 31.7 Å². The molecule has 7 heteroatoms. The highest BCUT2D eigenvalue weighted by Crippen LogP contribution is 2.28. The minimum atomic E-state index is 0.422. The quantitative estimate of drug-likeness (QED) is 0.445. The van der Waals surface area contributed by atoms with Crippen LogP contribution < -0.4 is 20.3 Å². The summed E-state index contributed by atoms with van der Waals surface area (Å²) in [5, 5.41) is 8.86. The lowest BCUT2D eigenvalue weighted by atomic mass is 9.86. The smallest absolute Gasteiger partial charge is 0.225 e. The van der Waals surface area contributed by atoms with E-state index in [1.165, 1.54) is 12.8 Å². The molecule has 0 atom stereocenters. The molecule has 2 aromatic carbocycles. The monoisotopic (exact) mass is 453 g/mol. The summed E-state index contributed by atoms with van der Waals surface area (Å²) in [6, 6.07) is 16.2. The van der Waals surface area contributed by atoms with Crippen LogP contribution >= 0.6 is 11.6 Å². The molecule has 3 aromatic rings. The summed E-state index contributed by atoms with van der Waals surface area (Å²) in [4.78, 5) is 11.6. The highest BCUT2D eigenvalue weighted by atomic mass is 35.5. The summed E-state index contributed by atoms with van der Waals surface area (Å²) in [5.74, 6) is 3.12. The third-order valence-corrected chi connectivity index (χ3v) is 6.31. The number of hydrogen-bond donors (Lipinski definition) is 2. The Balaban J connectivity index is 1.21. The molecule has 2 N–H and O–H groups in total. The second-order valence-corrected chi connectivity index (χ2v) is 9.03. The van der Waals surface area contributed by atoms with Crippen LogP contribution in [0.25, 0.3) is 10.9 Å². The number of anilines is 2. The zero-order valence-corrected chi connectivity index (χ0v) is 19.6. The van der Waals surface area contributed by atoms with Crippen molar-refractivity contribution < 1.29 is 4.74 Å². The number of ether oxygens (including phenoxy) is 1. The molecule has 0 bridgehead atoms. The number of halogens is 1. The lowest BCUT2D eigenvalue weighted by Crippen LogP contribution is -2.33. The summed E-state index contributed by atoms with van der Waals surface area (Å²) in [5.41, 5.74) is 0.977. The second kappa shape index (κ2) is 10.8. The lowest BCUT2D eigenvalue weighted by molar-refractivity contribution is 0.289. The van der Waals surface area contributed by atoms with Crippen LogP contribution in [0.5, 0.6) is 5.75 Å². The molecular formula is C25H32ClN5O. The predicted octanol–water partition coefficient (Wildman–Crippen LogP) is 4.99. The maximum atomic E-state index is 6.12. The molecule has 1 heterocycles. The van der Waals surface area contributed by atoms with Crippen LogP contribution in [-0.4, -0.2) is 49.8 Å². The molecule has 0 radical (unpaired) electrons. The van der Waals surface area contributed by atoms with E-state index in [1.54, 1.807) is 0 Å². The Hall–Kier alpha value is -2.57. The van der Waals surface area contributed by atoms with Gasteiger partial charge in [-0.05, 0) is 62.4 Å². The van der Waals surface area contributed by atoms with Crippen molar-refractivity contribution in [3.05, 3.63) is 53.6 Å². The van der Waals surface area contributed by atoms with Crippen molar-refractivity contribution in [1.82, 2.24) is 15.3 Å². The topological polar surface area (TPSA) is 62.3 Å². The Morgan fingerprint density at radius 3 is 2.53 bits per heavy atom. The zero-order chi connectivity index (χ0) is 22.3. The van der Waals surface area contributed by atoms with Gasteiger partial charge in [0.2, 0.25) is 5.95 Å². The van der Waals surface area contributed by atoms with E-state index in [4.69, 9.17) is 26.3 Å². The molecule has 4 rings (SSSR count). The minimum absolute atomic E-state index is 0.422. The van der Waals surface area contributed by atoms with Crippen molar-refractivity contribution in [3.63, 3.8) is 0 Å². The summed E-state index contributed by atoms with van der Waals surface area (Å²) in [6.45, 7) is 2.46. The molecule has 1 aliphatic carbocycles. The van der Waals surface area contributed by atoms with Crippen LogP contribution in [0.2, 0.25) is 5.02 Å². The molecule has 0 amide bonds. The molecule has 0 spiro atoms. The van der Waals surface area contributed by atoms with Crippen LogP contribution in [0.4, 0.5) is 11.8 Å². The fourth-order valence-corrected chi connectivity index (χ4v) is 4.45. The molecular weight excluding hydrogens is 422 g/mol. The SMILES string of the molecule is CN(C)c1nc(NC2CCC(CNCCOc3ccccc3Cl)CC2)nc2ccccc12. The second-order valence-electron chi connectivity index (χ2n) is 8.63. The van der Waals surface area contributed by atoms with Crippen molar-refractivity contribution in [1.29, 1.82) is 0 Å². The molecule has 1 aromatic heterocycles. The van der Waals surface area contributed by atoms with Gasteiger partial charge in [0.15, 0.2) is 0 Å². The van der Waals surface area contributed by atoms with Crippen molar-refractivity contribution >= 4 is 34.3 Å². The summed E-state index contributed by atoms with van der Waals surface area (Å²) in [6.07, 6.45) is 4.67. The standard InChI is InChI=1S/C25H32ClN5O/c1-31(2)24-20-7-3-5-9-22(20)29-25(30-24)28-19-13-11-18(12-14-19)17-27-15-16-32-23-10-6-4-8-21(23)26/h3-10,18-19,27H,11-17H2,1-2H3,(H,28,29,30). The number of aromatic nitrogens is 2. The molecule has 170 valence electrons. The number of rotatable bonds is 9. The van der Waals surface area contributed by atoms with Gasteiger partial charge in [-0.25, -0.2) is 4.98 Å². The Morgan fingerprint density at radius 2 is 1.75 bits per heavy atom. The van der Waals surface area contributed by atoms with Gasteiger partial charge in [0.1, 0.15) is 18.2 Å². The van der Waals surface area contributed by atoms with Gasteiger partial charge in [-0.2, -0.15) is 4.98 Å². The largest absolute Gasteiger partial charge is 0.491 e. The molecule has 1 aliphatic rings. The normalized spacial score (nSPS) is 18.5. The Labute approximate surface area is 195 Å². The molecule has 32 heavy (non-hydrogen) atoms. The number of hydrogen-bond acceptors (Lipinski definition) is 6. The van der Waals surface area contributed by atoms with Gasteiger partial charge in [0.05, 0.1) is 10.5 Å². The first-order valence-electron chi connectivity index (χ1n) is 11.4. The third kappa shape index (κ3) is 5.81. The van der Waals surface area contributed by atoms with Gasteiger partial charge < -0.3 is 20.3 Å². The fourth-order valence-electron chi connectivity index (χ4n) is 4.26. The van der Waals surface area contributed by atoms with Crippen molar-refractivity contribution in [3.8, 4) is 5.75 Å². The van der Waals surface area contributed by atoms with Gasteiger partial charge in [0, 0.05) is 32.1 Å². The number of fused-ring (bicyclic) bond motifs is 1. The van der Waals surface area contributed by atoms with Crippen LogP contribution in [0.3, 0.4) is 0 Å². The summed E-state index contributed by atoms with van der Waals surface area (Å²) >= 11 is 6.12. The number of nitrogens with one attached hydrogen (secondary N) is 2. The highest BCUT2D eigenvalue weighted by Gasteiger charge is 2.22. The highest BCUT2D eigenvalue weighted by molar-refractivity contribution is 6.32. The van der Waals surface area contributed by atoms with Gasteiger partial charge in [0.25, 0.3) is 0 Å². The van der Waals surface area contributed by atoms with Crippen LogP contribution in [-0.2, 0) is 0 Å². The average Bonchev–Trinajstić information content (AvgIpc) is 2.80. The van der Waals surface area contributed by atoms with Gasteiger partial charge >= 0.3 is 0 Å².